The van der Waals surface area contributed by atoms with Crippen molar-refractivity contribution in [2.75, 3.05) is 13.1 Å². The molecule has 2 aliphatic carbocycles. The highest BCUT2D eigenvalue weighted by Gasteiger charge is 2.56. The summed E-state index contributed by atoms with van der Waals surface area (Å²) < 4.78 is 0. The topological polar surface area (TPSA) is 105 Å². The molecule has 7 nitrogen and oxygen atoms in total. The Hall–Kier alpha value is -1.34. The van der Waals surface area contributed by atoms with Crippen molar-refractivity contribution in [1.29, 1.82) is 0 Å². The van der Waals surface area contributed by atoms with E-state index in [1.165, 1.54) is 0 Å². The third-order valence-electron chi connectivity index (χ3n) is 5.55. The highest BCUT2D eigenvalue weighted by molar-refractivity contribution is 6.09. The van der Waals surface area contributed by atoms with Gasteiger partial charge in [-0.15, -0.1) is 12.4 Å². The Bertz CT molecular complexity index is 525. The molecule has 0 aromatic carbocycles. The van der Waals surface area contributed by atoms with Crippen molar-refractivity contribution >= 4 is 30.3 Å². The van der Waals surface area contributed by atoms with Gasteiger partial charge in [-0.25, -0.2) is 4.79 Å². The van der Waals surface area contributed by atoms with Crippen molar-refractivity contribution in [1.82, 2.24) is 15.5 Å². The summed E-state index contributed by atoms with van der Waals surface area (Å²) in [5, 5.41) is 5.73. The van der Waals surface area contributed by atoms with Crippen LogP contribution in [0.15, 0.2) is 0 Å². The Morgan fingerprint density at radius 2 is 1.96 bits per heavy atom. The molecule has 3 aliphatic rings. The number of urea groups is 1. The molecule has 3 fully saturated rings. The van der Waals surface area contributed by atoms with Crippen LogP contribution in [-0.2, 0) is 9.59 Å². The predicted molar refractivity (Wildman–Crippen MR) is 91.6 cm³/mol. The maximum atomic E-state index is 12.5. The van der Waals surface area contributed by atoms with E-state index in [0.29, 0.717) is 6.54 Å². The molecule has 3 rings (SSSR count). The minimum absolute atomic E-state index is 0. The molecule has 0 aromatic heterocycles. The van der Waals surface area contributed by atoms with Gasteiger partial charge in [-0.1, -0.05) is 12.8 Å². The summed E-state index contributed by atoms with van der Waals surface area (Å²) in [5.41, 5.74) is 4.94. The number of nitrogens with two attached hydrogens (primary N) is 1. The predicted octanol–water partition coefficient (Wildman–Crippen LogP) is 0.762. The van der Waals surface area contributed by atoms with Crippen LogP contribution in [0.2, 0.25) is 0 Å². The summed E-state index contributed by atoms with van der Waals surface area (Å²) in [6, 6.07) is -0.407. The lowest BCUT2D eigenvalue weighted by atomic mass is 9.84. The number of halogens is 1. The molecule has 0 aromatic rings. The second-order valence-corrected chi connectivity index (χ2v) is 7.25. The normalized spacial score (nSPS) is 33.0. The van der Waals surface area contributed by atoms with E-state index >= 15 is 0 Å². The van der Waals surface area contributed by atoms with Crippen LogP contribution < -0.4 is 16.4 Å². The fraction of sp³-hybridized carbons (Fsp3) is 0.812. The van der Waals surface area contributed by atoms with Gasteiger partial charge in [-0.05, 0) is 51.0 Å². The molecule has 4 N–H and O–H groups in total. The lowest BCUT2D eigenvalue weighted by Gasteiger charge is -2.31. The van der Waals surface area contributed by atoms with Gasteiger partial charge in [0.25, 0.3) is 5.91 Å². The zero-order chi connectivity index (χ0) is 16.6. The van der Waals surface area contributed by atoms with Crippen LogP contribution >= 0.6 is 12.4 Å². The van der Waals surface area contributed by atoms with Gasteiger partial charge in [0, 0.05) is 6.04 Å². The van der Waals surface area contributed by atoms with E-state index in [-0.39, 0.29) is 48.6 Å². The fourth-order valence-corrected chi connectivity index (χ4v) is 3.87. The average molecular weight is 359 g/mol. The molecule has 8 heteroatoms. The van der Waals surface area contributed by atoms with Crippen molar-refractivity contribution in [3.05, 3.63) is 0 Å². The number of imide groups is 1. The Morgan fingerprint density at radius 1 is 1.29 bits per heavy atom. The molecular weight excluding hydrogens is 332 g/mol. The van der Waals surface area contributed by atoms with E-state index in [2.05, 4.69) is 10.6 Å². The number of hydrogen-bond acceptors (Lipinski definition) is 4. The molecule has 1 heterocycles. The Labute approximate surface area is 148 Å². The van der Waals surface area contributed by atoms with E-state index in [1.54, 1.807) is 6.92 Å². The minimum Gasteiger partial charge on any atom is -0.351 e. The van der Waals surface area contributed by atoms with Gasteiger partial charge >= 0.3 is 6.03 Å². The second kappa shape index (κ2) is 7.27. The van der Waals surface area contributed by atoms with Crippen LogP contribution in [0.5, 0.6) is 0 Å². The summed E-state index contributed by atoms with van der Waals surface area (Å²) in [5.74, 6) is -0.0717. The smallest absolute Gasteiger partial charge is 0.325 e. The van der Waals surface area contributed by atoms with Gasteiger partial charge in [0.1, 0.15) is 12.1 Å². The number of carbonyl (C=O) groups excluding carboxylic acids is 3. The maximum absolute atomic E-state index is 12.5. The number of hydrogen-bond donors (Lipinski definition) is 3. The molecule has 0 radical (unpaired) electrons. The van der Waals surface area contributed by atoms with Crippen LogP contribution in [0.4, 0.5) is 4.79 Å². The van der Waals surface area contributed by atoms with Gasteiger partial charge in [0.2, 0.25) is 5.91 Å². The SMILES string of the molecule is CC1(C2CC2)NC(=O)N(CC(=O)NC2CCCCC2CN)C1=O.Cl. The van der Waals surface area contributed by atoms with Gasteiger partial charge in [0.05, 0.1) is 0 Å². The third-order valence-corrected chi connectivity index (χ3v) is 5.55. The van der Waals surface area contributed by atoms with Gasteiger partial charge < -0.3 is 16.4 Å². The molecule has 4 amide bonds. The van der Waals surface area contributed by atoms with Crippen molar-refractivity contribution in [3.63, 3.8) is 0 Å². The highest BCUT2D eigenvalue weighted by Crippen LogP contribution is 2.42. The van der Waals surface area contributed by atoms with E-state index in [4.69, 9.17) is 5.73 Å². The van der Waals surface area contributed by atoms with Crippen LogP contribution in [-0.4, -0.2) is 47.4 Å². The van der Waals surface area contributed by atoms with Gasteiger partial charge in [-0.2, -0.15) is 0 Å². The summed E-state index contributed by atoms with van der Waals surface area (Å²) in [7, 11) is 0. The van der Waals surface area contributed by atoms with Crippen molar-refractivity contribution in [2.45, 2.75) is 57.0 Å². The van der Waals surface area contributed by atoms with Gasteiger partial charge in [0.15, 0.2) is 0 Å². The van der Waals surface area contributed by atoms with Crippen LogP contribution in [0, 0.1) is 11.8 Å². The third kappa shape index (κ3) is 3.52. The first-order chi connectivity index (χ1) is 11.0. The summed E-state index contributed by atoms with van der Waals surface area (Å²) >= 11 is 0. The Morgan fingerprint density at radius 3 is 2.58 bits per heavy atom. The van der Waals surface area contributed by atoms with E-state index < -0.39 is 11.6 Å². The quantitative estimate of drug-likeness (QED) is 0.631. The minimum atomic E-state index is -0.831. The highest BCUT2D eigenvalue weighted by atomic mass is 35.5. The molecular formula is C16H27ClN4O3. The number of amides is 4. The zero-order valence-corrected chi connectivity index (χ0v) is 14.9. The molecule has 3 atom stereocenters. The molecule has 1 saturated heterocycles. The van der Waals surface area contributed by atoms with Crippen molar-refractivity contribution in [2.24, 2.45) is 17.6 Å². The molecule has 2 saturated carbocycles. The summed E-state index contributed by atoms with van der Waals surface area (Å²) in [4.78, 5) is 37.9. The van der Waals surface area contributed by atoms with Crippen LogP contribution in [0.25, 0.3) is 0 Å². The van der Waals surface area contributed by atoms with E-state index in [1.807, 2.05) is 0 Å². The fourth-order valence-electron chi connectivity index (χ4n) is 3.87. The molecule has 0 spiro atoms. The summed E-state index contributed by atoms with van der Waals surface area (Å²) in [6.07, 6.45) is 6.04. The van der Waals surface area contributed by atoms with E-state index in [0.717, 1.165) is 43.4 Å². The Kier molecular flexibility index (Phi) is 5.75. The number of rotatable bonds is 5. The van der Waals surface area contributed by atoms with Crippen molar-refractivity contribution < 1.29 is 14.4 Å². The van der Waals surface area contributed by atoms with Crippen LogP contribution in [0.1, 0.15) is 45.4 Å². The first-order valence-corrected chi connectivity index (χ1v) is 8.59. The monoisotopic (exact) mass is 358 g/mol. The number of carbonyl (C=O) groups is 3. The molecule has 0 bridgehead atoms. The number of nitrogens with zero attached hydrogens (tertiary/aromatic N) is 1. The molecule has 1 aliphatic heterocycles. The first kappa shape index (κ1) is 19.0. The maximum Gasteiger partial charge on any atom is 0.325 e. The summed E-state index contributed by atoms with van der Waals surface area (Å²) in [6.45, 7) is 2.10. The zero-order valence-electron chi connectivity index (χ0n) is 14.0. The Balaban J connectivity index is 0.00000208. The van der Waals surface area contributed by atoms with E-state index in [9.17, 15) is 14.4 Å². The number of nitrogens with one attached hydrogen (secondary N) is 2. The lowest BCUT2D eigenvalue weighted by molar-refractivity contribution is -0.135. The molecule has 24 heavy (non-hydrogen) atoms. The standard InChI is InChI=1S/C16H26N4O3.ClH/c1-16(11-6-7-11)14(22)20(15(23)19-16)9-13(21)18-12-5-3-2-4-10(12)8-17;/h10-12H,2-9,17H2,1H3,(H,18,21)(H,19,23);1H. The lowest BCUT2D eigenvalue weighted by Crippen LogP contribution is -2.50. The van der Waals surface area contributed by atoms with Crippen LogP contribution in [0.3, 0.4) is 0 Å². The largest absolute Gasteiger partial charge is 0.351 e. The second-order valence-electron chi connectivity index (χ2n) is 7.25. The van der Waals surface area contributed by atoms with Gasteiger partial charge in [-0.3, -0.25) is 14.5 Å². The average Bonchev–Trinajstić information content (AvgIpc) is 3.34. The first-order valence-electron chi connectivity index (χ1n) is 8.59. The van der Waals surface area contributed by atoms with Crippen molar-refractivity contribution in [3.8, 4) is 0 Å². The molecule has 3 unspecified atom stereocenters. The molecule has 136 valence electrons.